The molecule has 164 valence electrons. The molecule has 1 fully saturated rings. The van der Waals surface area contributed by atoms with Crippen molar-refractivity contribution in [2.45, 2.75) is 6.42 Å². The molecule has 0 aliphatic carbocycles. The molecule has 1 heterocycles. The van der Waals surface area contributed by atoms with Crippen LogP contribution in [0, 0.1) is 10.1 Å². The highest BCUT2D eigenvalue weighted by atomic mass is 35.5. The molecule has 0 saturated carbocycles. The van der Waals surface area contributed by atoms with Crippen LogP contribution in [-0.4, -0.2) is 38.4 Å². The van der Waals surface area contributed by atoms with Crippen LogP contribution in [0.2, 0.25) is 5.02 Å². The maximum atomic E-state index is 12.6. The molecular weight excluding hydrogens is 476 g/mol. The number of carbonyl (C=O) groups excluding carboxylic acids is 3. The minimum absolute atomic E-state index is 0.0315. The maximum Gasteiger partial charge on any atom is 0.269 e. The first-order chi connectivity index (χ1) is 15.3. The summed E-state index contributed by atoms with van der Waals surface area (Å²) in [5.41, 5.74) is 5.12. The number of thioether (sulfide) groups is 1. The Labute approximate surface area is 196 Å². The Morgan fingerprint density at radius 3 is 2.50 bits per heavy atom. The van der Waals surface area contributed by atoms with Crippen LogP contribution in [0.1, 0.15) is 22.3 Å². The SMILES string of the molecule is O=C(CCN1C(=O)/C(=C\c2ccccc2Cl)SC1=S)NNC(=O)c1ccc([N+](=O)[O-])cc1. The van der Waals surface area contributed by atoms with Gasteiger partial charge in [0.1, 0.15) is 4.32 Å². The zero-order valence-electron chi connectivity index (χ0n) is 16.2. The number of nitro groups is 1. The van der Waals surface area contributed by atoms with E-state index in [1.165, 1.54) is 29.2 Å². The molecule has 0 radical (unpaired) electrons. The highest BCUT2D eigenvalue weighted by molar-refractivity contribution is 8.26. The Balaban J connectivity index is 1.51. The Hall–Kier alpha value is -3.28. The van der Waals surface area contributed by atoms with Crippen LogP contribution in [0.15, 0.2) is 53.4 Å². The minimum Gasteiger partial charge on any atom is -0.292 e. The average Bonchev–Trinajstić information content (AvgIpc) is 3.04. The van der Waals surface area contributed by atoms with E-state index in [2.05, 4.69) is 10.9 Å². The van der Waals surface area contributed by atoms with E-state index in [0.29, 0.717) is 19.8 Å². The van der Waals surface area contributed by atoms with Crippen LogP contribution in [0.25, 0.3) is 6.08 Å². The molecule has 32 heavy (non-hydrogen) atoms. The molecule has 2 aromatic rings. The zero-order valence-corrected chi connectivity index (χ0v) is 18.6. The predicted molar refractivity (Wildman–Crippen MR) is 125 cm³/mol. The van der Waals surface area contributed by atoms with Crippen molar-refractivity contribution in [3.05, 3.63) is 79.7 Å². The minimum atomic E-state index is -0.637. The predicted octanol–water partition coefficient (Wildman–Crippen LogP) is 3.30. The van der Waals surface area contributed by atoms with Crippen LogP contribution in [0.5, 0.6) is 0 Å². The van der Waals surface area contributed by atoms with Gasteiger partial charge in [-0.1, -0.05) is 53.8 Å². The molecule has 3 rings (SSSR count). The lowest BCUT2D eigenvalue weighted by Crippen LogP contribution is -2.43. The second-order valence-corrected chi connectivity index (χ2v) is 8.49. The third-order valence-corrected chi connectivity index (χ3v) is 6.01. The third kappa shape index (κ3) is 5.69. The first-order valence-corrected chi connectivity index (χ1v) is 10.7. The Morgan fingerprint density at radius 2 is 1.84 bits per heavy atom. The summed E-state index contributed by atoms with van der Waals surface area (Å²) in [6.07, 6.45) is 1.54. The van der Waals surface area contributed by atoms with Gasteiger partial charge in [0.05, 0.1) is 9.83 Å². The number of hydrazine groups is 1. The summed E-state index contributed by atoms with van der Waals surface area (Å²) in [5, 5.41) is 11.2. The fraction of sp³-hybridized carbons (Fsp3) is 0.100. The second kappa shape index (κ2) is 10.4. The van der Waals surface area contributed by atoms with Gasteiger partial charge < -0.3 is 0 Å². The van der Waals surface area contributed by atoms with Gasteiger partial charge in [-0.2, -0.15) is 0 Å². The molecule has 3 amide bonds. The first-order valence-electron chi connectivity index (χ1n) is 9.10. The summed E-state index contributed by atoms with van der Waals surface area (Å²) in [6, 6.07) is 12.0. The van der Waals surface area contributed by atoms with Gasteiger partial charge in [-0.05, 0) is 29.8 Å². The number of hydrogen-bond donors (Lipinski definition) is 2. The van der Waals surface area contributed by atoms with Gasteiger partial charge in [-0.15, -0.1) is 0 Å². The lowest BCUT2D eigenvalue weighted by atomic mass is 10.2. The number of nitrogens with zero attached hydrogens (tertiary/aromatic N) is 2. The van der Waals surface area contributed by atoms with Gasteiger partial charge in [0, 0.05) is 35.7 Å². The molecule has 0 spiro atoms. The fourth-order valence-corrected chi connectivity index (χ4v) is 4.12. The molecule has 0 aromatic heterocycles. The van der Waals surface area contributed by atoms with Gasteiger partial charge in [0.15, 0.2) is 0 Å². The van der Waals surface area contributed by atoms with Gasteiger partial charge in [0.2, 0.25) is 5.91 Å². The lowest BCUT2D eigenvalue weighted by Gasteiger charge is -2.14. The summed E-state index contributed by atoms with van der Waals surface area (Å²) >= 11 is 12.5. The lowest BCUT2D eigenvalue weighted by molar-refractivity contribution is -0.384. The van der Waals surface area contributed by atoms with Gasteiger partial charge in [-0.3, -0.25) is 40.2 Å². The van der Waals surface area contributed by atoms with Crippen molar-refractivity contribution in [3.63, 3.8) is 0 Å². The van der Waals surface area contributed by atoms with Crippen LogP contribution in [-0.2, 0) is 9.59 Å². The molecule has 9 nitrogen and oxygen atoms in total. The van der Waals surface area contributed by atoms with E-state index in [1.54, 1.807) is 30.3 Å². The van der Waals surface area contributed by atoms with Crippen LogP contribution >= 0.6 is 35.6 Å². The van der Waals surface area contributed by atoms with E-state index in [4.69, 9.17) is 23.8 Å². The zero-order chi connectivity index (χ0) is 23.3. The molecule has 12 heteroatoms. The number of halogens is 1. The van der Waals surface area contributed by atoms with E-state index in [9.17, 15) is 24.5 Å². The van der Waals surface area contributed by atoms with Crippen molar-refractivity contribution in [1.29, 1.82) is 0 Å². The Kier molecular flexibility index (Phi) is 7.57. The van der Waals surface area contributed by atoms with Gasteiger partial charge in [0.25, 0.3) is 17.5 Å². The standard InChI is InChI=1S/C20H15ClN4O5S2/c21-15-4-2-1-3-13(15)11-16-19(28)24(20(31)32-16)10-9-17(26)22-23-18(27)12-5-7-14(8-6-12)25(29)30/h1-8,11H,9-10H2,(H,22,26)(H,23,27)/b16-11+. The van der Waals surface area contributed by atoms with Crippen LogP contribution < -0.4 is 10.9 Å². The molecule has 0 bridgehead atoms. The highest BCUT2D eigenvalue weighted by Gasteiger charge is 2.32. The normalized spacial score (nSPS) is 14.5. The summed E-state index contributed by atoms with van der Waals surface area (Å²) in [4.78, 5) is 48.5. The van der Waals surface area contributed by atoms with E-state index in [1.807, 2.05) is 0 Å². The Bertz CT molecular complexity index is 1140. The largest absolute Gasteiger partial charge is 0.292 e. The Morgan fingerprint density at radius 1 is 1.16 bits per heavy atom. The van der Waals surface area contributed by atoms with E-state index >= 15 is 0 Å². The molecular formula is C20H15ClN4O5S2. The smallest absolute Gasteiger partial charge is 0.269 e. The van der Waals surface area contributed by atoms with Crippen LogP contribution in [0.3, 0.4) is 0 Å². The number of non-ortho nitro benzene ring substituents is 1. The molecule has 2 N–H and O–H groups in total. The number of amides is 3. The van der Waals surface area contributed by atoms with Gasteiger partial charge >= 0.3 is 0 Å². The van der Waals surface area contributed by atoms with Crippen LogP contribution in [0.4, 0.5) is 5.69 Å². The van der Waals surface area contributed by atoms with Crippen molar-refractivity contribution >= 4 is 69.4 Å². The van der Waals surface area contributed by atoms with Crippen molar-refractivity contribution in [3.8, 4) is 0 Å². The topological polar surface area (TPSA) is 122 Å². The number of nitrogens with one attached hydrogen (secondary N) is 2. The highest BCUT2D eigenvalue weighted by Crippen LogP contribution is 2.33. The average molecular weight is 491 g/mol. The second-order valence-electron chi connectivity index (χ2n) is 6.41. The third-order valence-electron chi connectivity index (χ3n) is 4.28. The van der Waals surface area contributed by atoms with Gasteiger partial charge in [-0.25, -0.2) is 0 Å². The molecule has 0 unspecified atom stereocenters. The van der Waals surface area contributed by atoms with Crippen molar-refractivity contribution in [2.75, 3.05) is 6.54 Å². The summed E-state index contributed by atoms with van der Waals surface area (Å²) in [5.74, 6) is -1.51. The number of carbonyl (C=O) groups is 3. The maximum absolute atomic E-state index is 12.6. The number of benzene rings is 2. The van der Waals surface area contributed by atoms with Crippen molar-refractivity contribution in [1.82, 2.24) is 15.8 Å². The first kappa shape index (κ1) is 23.4. The summed E-state index contributed by atoms with van der Waals surface area (Å²) < 4.78 is 0.316. The quantitative estimate of drug-likeness (QED) is 0.276. The molecule has 1 saturated heterocycles. The van der Waals surface area contributed by atoms with E-state index < -0.39 is 16.7 Å². The molecule has 1 aliphatic rings. The van der Waals surface area contributed by atoms with Crippen molar-refractivity contribution < 1.29 is 19.3 Å². The molecule has 1 aliphatic heterocycles. The van der Waals surface area contributed by atoms with Crippen molar-refractivity contribution in [2.24, 2.45) is 0 Å². The number of nitro benzene ring substituents is 1. The number of hydrogen-bond acceptors (Lipinski definition) is 7. The van der Waals surface area contributed by atoms with E-state index in [-0.39, 0.29) is 30.1 Å². The summed E-state index contributed by atoms with van der Waals surface area (Å²) in [7, 11) is 0. The number of thiocarbonyl (C=S) groups is 1. The molecule has 0 atom stereocenters. The van der Waals surface area contributed by atoms with E-state index in [0.717, 1.165) is 11.8 Å². The molecule has 2 aromatic carbocycles. The number of rotatable bonds is 6. The summed E-state index contributed by atoms with van der Waals surface area (Å²) in [6.45, 7) is 0.0315. The fourth-order valence-electron chi connectivity index (χ4n) is 2.64. The monoisotopic (exact) mass is 490 g/mol.